The van der Waals surface area contributed by atoms with Gasteiger partial charge in [-0.2, -0.15) is 4.68 Å². The molecule has 4 rings (SSSR count). The first-order valence-corrected chi connectivity index (χ1v) is 10.6. The molecule has 0 spiro atoms. The summed E-state index contributed by atoms with van der Waals surface area (Å²) < 4.78 is 1.64. The van der Waals surface area contributed by atoms with Crippen molar-refractivity contribution in [3.63, 3.8) is 0 Å². The quantitative estimate of drug-likeness (QED) is 0.494. The van der Waals surface area contributed by atoms with Crippen molar-refractivity contribution in [1.29, 1.82) is 0 Å². The van der Waals surface area contributed by atoms with Gasteiger partial charge in [-0.3, -0.25) is 9.78 Å². The number of aromatic nitrogens is 5. The standard InChI is InChI=1S/C25H26N6O/c1-16(2)24-28-29-30-31(24)23-12-10-20(22-11-7-18(4)14-26-22)13-21(23)25(32)27-15-19-8-5-17(3)6-9-19/h5-14,16H,15H2,1-4H3,(H,27,32). The van der Waals surface area contributed by atoms with E-state index in [1.165, 1.54) is 5.56 Å². The highest BCUT2D eigenvalue weighted by Gasteiger charge is 2.20. The lowest BCUT2D eigenvalue weighted by Crippen LogP contribution is -2.25. The van der Waals surface area contributed by atoms with Crippen LogP contribution in [-0.4, -0.2) is 31.1 Å². The van der Waals surface area contributed by atoms with Crippen molar-refractivity contribution in [3.05, 3.63) is 88.9 Å². The number of benzene rings is 2. The third-order valence-electron chi connectivity index (χ3n) is 5.26. The van der Waals surface area contributed by atoms with Gasteiger partial charge in [0.25, 0.3) is 5.91 Å². The van der Waals surface area contributed by atoms with Gasteiger partial charge in [0.2, 0.25) is 0 Å². The van der Waals surface area contributed by atoms with E-state index >= 15 is 0 Å². The largest absolute Gasteiger partial charge is 0.348 e. The summed E-state index contributed by atoms with van der Waals surface area (Å²) in [6.45, 7) is 8.50. The zero-order chi connectivity index (χ0) is 22.7. The maximum absolute atomic E-state index is 13.3. The average molecular weight is 427 g/mol. The molecule has 0 aliphatic rings. The first kappa shape index (κ1) is 21.4. The van der Waals surface area contributed by atoms with Crippen molar-refractivity contribution in [1.82, 2.24) is 30.5 Å². The number of hydrogen-bond donors (Lipinski definition) is 1. The van der Waals surface area contributed by atoms with E-state index in [0.29, 0.717) is 23.6 Å². The van der Waals surface area contributed by atoms with Crippen molar-refractivity contribution in [2.75, 3.05) is 0 Å². The van der Waals surface area contributed by atoms with Crippen LogP contribution in [0.3, 0.4) is 0 Å². The van der Waals surface area contributed by atoms with Gasteiger partial charge in [0.15, 0.2) is 5.82 Å². The second kappa shape index (κ2) is 9.09. The molecule has 162 valence electrons. The van der Waals surface area contributed by atoms with Gasteiger partial charge in [-0.15, -0.1) is 5.10 Å². The second-order valence-electron chi connectivity index (χ2n) is 8.22. The van der Waals surface area contributed by atoms with Crippen molar-refractivity contribution in [3.8, 4) is 16.9 Å². The van der Waals surface area contributed by atoms with Crippen LogP contribution in [0.1, 0.15) is 52.6 Å². The van der Waals surface area contributed by atoms with Gasteiger partial charge in [0.05, 0.1) is 16.9 Å². The molecule has 0 aliphatic carbocycles. The summed E-state index contributed by atoms with van der Waals surface area (Å²) in [6, 6.07) is 17.7. The van der Waals surface area contributed by atoms with Gasteiger partial charge < -0.3 is 5.32 Å². The Hall–Kier alpha value is -3.87. The average Bonchev–Trinajstić information content (AvgIpc) is 3.29. The van der Waals surface area contributed by atoms with Crippen molar-refractivity contribution >= 4 is 5.91 Å². The van der Waals surface area contributed by atoms with E-state index in [2.05, 4.69) is 25.8 Å². The molecule has 0 atom stereocenters. The third-order valence-corrected chi connectivity index (χ3v) is 5.26. The number of nitrogens with zero attached hydrogens (tertiary/aromatic N) is 5. The molecule has 0 saturated heterocycles. The lowest BCUT2D eigenvalue weighted by Gasteiger charge is -2.14. The Morgan fingerprint density at radius 1 is 1.00 bits per heavy atom. The summed E-state index contributed by atoms with van der Waals surface area (Å²) in [5.41, 5.74) is 6.08. The molecule has 0 unspecified atom stereocenters. The lowest BCUT2D eigenvalue weighted by atomic mass is 10.0. The van der Waals surface area contributed by atoms with Crippen molar-refractivity contribution < 1.29 is 4.79 Å². The van der Waals surface area contributed by atoms with Crippen LogP contribution < -0.4 is 5.32 Å². The van der Waals surface area contributed by atoms with E-state index in [0.717, 1.165) is 22.4 Å². The summed E-state index contributed by atoms with van der Waals surface area (Å²) in [6.07, 6.45) is 1.82. The Kier molecular flexibility index (Phi) is 6.07. The fraction of sp³-hybridized carbons (Fsp3) is 0.240. The number of pyridine rings is 1. The molecule has 4 aromatic rings. The van der Waals surface area contributed by atoms with E-state index in [4.69, 9.17) is 0 Å². The van der Waals surface area contributed by atoms with Crippen LogP contribution in [-0.2, 0) is 6.54 Å². The highest BCUT2D eigenvalue weighted by Crippen LogP contribution is 2.25. The number of amides is 1. The van der Waals surface area contributed by atoms with Crippen LogP contribution in [0.15, 0.2) is 60.8 Å². The summed E-state index contributed by atoms with van der Waals surface area (Å²) >= 11 is 0. The minimum Gasteiger partial charge on any atom is -0.348 e. The van der Waals surface area contributed by atoms with Crippen LogP contribution in [0.4, 0.5) is 0 Å². The number of nitrogens with one attached hydrogen (secondary N) is 1. The third kappa shape index (κ3) is 4.56. The molecule has 32 heavy (non-hydrogen) atoms. The van der Waals surface area contributed by atoms with E-state index in [1.54, 1.807) is 4.68 Å². The highest BCUT2D eigenvalue weighted by molar-refractivity contribution is 5.99. The summed E-state index contributed by atoms with van der Waals surface area (Å²) in [7, 11) is 0. The number of carbonyl (C=O) groups is 1. The highest BCUT2D eigenvalue weighted by atomic mass is 16.1. The Labute approximate surface area is 187 Å². The van der Waals surface area contributed by atoms with Gasteiger partial charge in [-0.25, -0.2) is 0 Å². The molecular weight excluding hydrogens is 400 g/mol. The maximum atomic E-state index is 13.3. The topological polar surface area (TPSA) is 85.6 Å². The Morgan fingerprint density at radius 3 is 2.44 bits per heavy atom. The number of rotatable bonds is 6. The normalized spacial score (nSPS) is 11.0. The predicted molar refractivity (Wildman–Crippen MR) is 124 cm³/mol. The van der Waals surface area contributed by atoms with Gasteiger partial charge in [-0.1, -0.05) is 55.8 Å². The molecule has 0 aliphatic heterocycles. The molecule has 0 fully saturated rings. The van der Waals surface area contributed by atoms with E-state index in [-0.39, 0.29) is 11.8 Å². The molecule has 1 N–H and O–H groups in total. The first-order chi connectivity index (χ1) is 15.4. The van der Waals surface area contributed by atoms with Gasteiger partial charge in [0.1, 0.15) is 0 Å². The first-order valence-electron chi connectivity index (χ1n) is 10.6. The van der Waals surface area contributed by atoms with Gasteiger partial charge >= 0.3 is 0 Å². The monoisotopic (exact) mass is 426 g/mol. The fourth-order valence-corrected chi connectivity index (χ4v) is 3.41. The van der Waals surface area contributed by atoms with Gasteiger partial charge in [0, 0.05) is 24.2 Å². The molecule has 2 aromatic carbocycles. The van der Waals surface area contributed by atoms with Crippen LogP contribution in [0.2, 0.25) is 0 Å². The Morgan fingerprint density at radius 2 is 1.75 bits per heavy atom. The molecule has 1 amide bonds. The van der Waals surface area contributed by atoms with E-state index in [9.17, 15) is 4.79 Å². The number of tetrazole rings is 1. The lowest BCUT2D eigenvalue weighted by molar-refractivity contribution is 0.0950. The summed E-state index contributed by atoms with van der Waals surface area (Å²) in [5.74, 6) is 0.602. The fourth-order valence-electron chi connectivity index (χ4n) is 3.41. The minimum absolute atomic E-state index is 0.104. The summed E-state index contributed by atoms with van der Waals surface area (Å²) in [5, 5.41) is 15.2. The molecular formula is C25H26N6O. The Bertz CT molecular complexity index is 1230. The minimum atomic E-state index is -0.195. The molecule has 0 radical (unpaired) electrons. The van der Waals surface area contributed by atoms with Crippen LogP contribution in [0.25, 0.3) is 16.9 Å². The number of hydrogen-bond acceptors (Lipinski definition) is 5. The van der Waals surface area contributed by atoms with Crippen molar-refractivity contribution in [2.45, 2.75) is 40.2 Å². The SMILES string of the molecule is Cc1ccc(CNC(=O)c2cc(-c3ccc(C)cn3)ccc2-n2nnnc2C(C)C)cc1. The number of carbonyl (C=O) groups excluding carboxylic acids is 1. The molecule has 2 aromatic heterocycles. The molecule has 0 saturated carbocycles. The molecule has 7 heteroatoms. The predicted octanol–water partition coefficient (Wildman–Crippen LogP) is 4.39. The zero-order valence-corrected chi connectivity index (χ0v) is 18.7. The second-order valence-corrected chi connectivity index (χ2v) is 8.22. The zero-order valence-electron chi connectivity index (χ0n) is 18.7. The van der Waals surface area contributed by atoms with E-state index < -0.39 is 0 Å². The van der Waals surface area contributed by atoms with Crippen molar-refractivity contribution in [2.24, 2.45) is 0 Å². The number of aryl methyl sites for hydroxylation is 2. The maximum Gasteiger partial charge on any atom is 0.253 e. The summed E-state index contributed by atoms with van der Waals surface area (Å²) in [4.78, 5) is 17.8. The van der Waals surface area contributed by atoms with E-state index in [1.807, 2.05) is 88.5 Å². The Balaban J connectivity index is 1.72. The van der Waals surface area contributed by atoms with Crippen LogP contribution in [0.5, 0.6) is 0 Å². The van der Waals surface area contributed by atoms with Gasteiger partial charge in [-0.05, 0) is 53.6 Å². The molecule has 0 bridgehead atoms. The smallest absolute Gasteiger partial charge is 0.253 e. The molecule has 2 heterocycles. The van der Waals surface area contributed by atoms with Crippen LogP contribution >= 0.6 is 0 Å². The van der Waals surface area contributed by atoms with Crippen LogP contribution in [0, 0.1) is 13.8 Å². The molecule has 7 nitrogen and oxygen atoms in total.